The van der Waals surface area contributed by atoms with Crippen LogP contribution in [0, 0.1) is 20.8 Å². The van der Waals surface area contributed by atoms with E-state index in [-0.39, 0.29) is 5.76 Å². The molecule has 19 heavy (non-hydrogen) atoms. The number of aromatic carboxylic acids is 1. The molecule has 0 unspecified atom stereocenters. The van der Waals surface area contributed by atoms with Gasteiger partial charge >= 0.3 is 5.97 Å². The van der Waals surface area contributed by atoms with Gasteiger partial charge in [-0.1, -0.05) is 6.07 Å². The lowest BCUT2D eigenvalue weighted by Crippen LogP contribution is -1.99. The first-order chi connectivity index (χ1) is 8.93. The number of ether oxygens (including phenoxy) is 1. The van der Waals surface area contributed by atoms with Gasteiger partial charge in [0.2, 0.25) is 5.76 Å². The lowest BCUT2D eigenvalue weighted by Gasteiger charge is -2.11. The molecule has 0 atom stereocenters. The highest BCUT2D eigenvalue weighted by Crippen LogP contribution is 2.35. The Labute approximate surface area is 110 Å². The van der Waals surface area contributed by atoms with Crippen LogP contribution in [0.3, 0.4) is 0 Å². The van der Waals surface area contributed by atoms with Gasteiger partial charge in [0.1, 0.15) is 11.4 Å². The van der Waals surface area contributed by atoms with Gasteiger partial charge in [0.25, 0.3) is 0 Å². The third-order valence-corrected chi connectivity index (χ3v) is 2.81. The topological polar surface area (TPSA) is 72.6 Å². The van der Waals surface area contributed by atoms with Crippen molar-refractivity contribution in [3.05, 3.63) is 34.9 Å². The Balaban J connectivity index is 2.74. The van der Waals surface area contributed by atoms with Gasteiger partial charge in [0, 0.05) is 12.5 Å². The van der Waals surface area contributed by atoms with Gasteiger partial charge in [0.15, 0.2) is 5.89 Å². The van der Waals surface area contributed by atoms with Crippen molar-refractivity contribution >= 4 is 5.97 Å². The number of aromatic nitrogens is 1. The second kappa shape index (κ2) is 4.76. The number of hydrogen-bond acceptors (Lipinski definition) is 4. The Morgan fingerprint density at radius 1 is 1.32 bits per heavy atom. The van der Waals surface area contributed by atoms with Gasteiger partial charge in [-0.15, -0.1) is 0 Å². The lowest BCUT2D eigenvalue weighted by atomic mass is 10.0. The van der Waals surface area contributed by atoms with Crippen LogP contribution in [0.15, 0.2) is 16.5 Å². The van der Waals surface area contributed by atoms with Crippen molar-refractivity contribution in [3.8, 4) is 17.0 Å². The van der Waals surface area contributed by atoms with E-state index in [1.165, 1.54) is 0 Å². The number of carbonyl (C=O) groups is 1. The van der Waals surface area contributed by atoms with Crippen molar-refractivity contribution in [2.75, 3.05) is 7.11 Å². The molecule has 0 aliphatic rings. The summed E-state index contributed by atoms with van der Waals surface area (Å²) in [5, 5.41) is 9.17. The Bertz CT molecular complexity index is 643. The first-order valence-electron chi connectivity index (χ1n) is 5.80. The van der Waals surface area contributed by atoms with Crippen molar-refractivity contribution in [3.63, 3.8) is 0 Å². The minimum atomic E-state index is -1.14. The molecule has 0 radical (unpaired) electrons. The van der Waals surface area contributed by atoms with E-state index < -0.39 is 5.97 Å². The van der Waals surface area contributed by atoms with Crippen molar-refractivity contribution in [2.24, 2.45) is 0 Å². The van der Waals surface area contributed by atoms with Crippen LogP contribution in [0.4, 0.5) is 0 Å². The van der Waals surface area contributed by atoms with Crippen LogP contribution in [0.1, 0.15) is 27.6 Å². The molecule has 5 heteroatoms. The molecule has 0 spiro atoms. The molecule has 0 fully saturated rings. The highest BCUT2D eigenvalue weighted by molar-refractivity contribution is 5.93. The van der Waals surface area contributed by atoms with Crippen LogP contribution in [0.5, 0.6) is 5.75 Å². The Hall–Kier alpha value is -2.30. The smallest absolute Gasteiger partial charge is 0.374 e. The zero-order chi connectivity index (χ0) is 14.2. The third kappa shape index (κ3) is 2.31. The molecule has 0 bridgehead atoms. The first kappa shape index (κ1) is 13.1. The molecule has 0 aliphatic heterocycles. The number of oxazole rings is 1. The monoisotopic (exact) mass is 261 g/mol. The summed E-state index contributed by atoms with van der Waals surface area (Å²) in [6.07, 6.45) is 0. The van der Waals surface area contributed by atoms with Crippen LogP contribution >= 0.6 is 0 Å². The average Bonchev–Trinajstić information content (AvgIpc) is 2.70. The van der Waals surface area contributed by atoms with Gasteiger partial charge in [-0.25, -0.2) is 9.78 Å². The zero-order valence-electron chi connectivity index (χ0n) is 11.3. The number of nitrogens with zero attached hydrogens (tertiary/aromatic N) is 1. The van der Waals surface area contributed by atoms with E-state index in [4.69, 9.17) is 14.3 Å². The van der Waals surface area contributed by atoms with E-state index in [2.05, 4.69) is 4.98 Å². The maximum Gasteiger partial charge on any atom is 0.374 e. The van der Waals surface area contributed by atoms with Crippen molar-refractivity contribution in [1.29, 1.82) is 0 Å². The molecule has 0 saturated carbocycles. The van der Waals surface area contributed by atoms with Gasteiger partial charge < -0.3 is 14.3 Å². The minimum Gasteiger partial charge on any atom is -0.496 e. The number of aryl methyl sites for hydroxylation is 3. The van der Waals surface area contributed by atoms with Crippen LogP contribution in [-0.4, -0.2) is 23.2 Å². The largest absolute Gasteiger partial charge is 0.496 e. The molecular formula is C14H15NO4. The summed E-state index contributed by atoms with van der Waals surface area (Å²) in [6, 6.07) is 3.81. The molecule has 0 amide bonds. The Morgan fingerprint density at radius 3 is 2.58 bits per heavy atom. The summed E-state index contributed by atoms with van der Waals surface area (Å²) in [5.41, 5.74) is 2.86. The zero-order valence-corrected chi connectivity index (χ0v) is 11.3. The molecule has 0 saturated heterocycles. The summed E-state index contributed by atoms with van der Waals surface area (Å²) < 4.78 is 10.5. The Kier molecular flexibility index (Phi) is 3.29. The summed E-state index contributed by atoms with van der Waals surface area (Å²) in [6.45, 7) is 5.46. The van der Waals surface area contributed by atoms with E-state index in [1.807, 2.05) is 26.0 Å². The maximum absolute atomic E-state index is 11.2. The predicted octanol–water partition coefficient (Wildman–Crippen LogP) is 2.97. The summed E-state index contributed by atoms with van der Waals surface area (Å²) in [4.78, 5) is 15.4. The molecule has 1 N–H and O–H groups in total. The SMILES string of the molecule is COc1c(C)cc(C)cc1-c1nc(C)oc1C(=O)O. The third-order valence-electron chi connectivity index (χ3n) is 2.81. The van der Waals surface area contributed by atoms with Gasteiger partial charge in [-0.05, 0) is 31.0 Å². The fourth-order valence-electron chi connectivity index (χ4n) is 2.16. The van der Waals surface area contributed by atoms with Gasteiger partial charge in [-0.3, -0.25) is 0 Å². The second-order valence-corrected chi connectivity index (χ2v) is 4.38. The fourth-order valence-corrected chi connectivity index (χ4v) is 2.16. The van der Waals surface area contributed by atoms with E-state index >= 15 is 0 Å². The number of carboxylic acid groups (broad SMARTS) is 1. The van der Waals surface area contributed by atoms with Crippen LogP contribution < -0.4 is 4.74 Å². The fraction of sp³-hybridized carbons (Fsp3) is 0.286. The maximum atomic E-state index is 11.2. The van der Waals surface area contributed by atoms with Crippen molar-refractivity contribution in [1.82, 2.24) is 4.98 Å². The van der Waals surface area contributed by atoms with Gasteiger partial charge in [-0.2, -0.15) is 0 Å². The molecule has 2 rings (SSSR count). The molecular weight excluding hydrogens is 246 g/mol. The van der Waals surface area contributed by atoms with E-state index in [9.17, 15) is 4.79 Å². The Morgan fingerprint density at radius 2 is 2.00 bits per heavy atom. The molecule has 1 heterocycles. The first-order valence-corrected chi connectivity index (χ1v) is 5.80. The van der Waals surface area contributed by atoms with Crippen LogP contribution in [-0.2, 0) is 0 Å². The molecule has 5 nitrogen and oxygen atoms in total. The second-order valence-electron chi connectivity index (χ2n) is 4.38. The van der Waals surface area contributed by atoms with Crippen molar-refractivity contribution < 1.29 is 19.1 Å². The molecule has 1 aromatic heterocycles. The summed E-state index contributed by atoms with van der Waals surface area (Å²) >= 11 is 0. The number of hydrogen-bond donors (Lipinski definition) is 1. The van der Waals surface area contributed by atoms with Crippen LogP contribution in [0.25, 0.3) is 11.3 Å². The minimum absolute atomic E-state index is 0.166. The van der Waals surface area contributed by atoms with E-state index in [0.717, 1.165) is 11.1 Å². The summed E-state index contributed by atoms with van der Waals surface area (Å²) in [5.74, 6) is -0.382. The predicted molar refractivity (Wildman–Crippen MR) is 69.7 cm³/mol. The summed E-state index contributed by atoms with van der Waals surface area (Å²) in [7, 11) is 1.55. The molecule has 2 aromatic rings. The molecule has 1 aromatic carbocycles. The molecule has 0 aliphatic carbocycles. The van der Waals surface area contributed by atoms with Crippen molar-refractivity contribution in [2.45, 2.75) is 20.8 Å². The highest BCUT2D eigenvalue weighted by atomic mass is 16.5. The lowest BCUT2D eigenvalue weighted by molar-refractivity contribution is 0.0662. The average molecular weight is 261 g/mol. The quantitative estimate of drug-likeness (QED) is 0.919. The number of methoxy groups -OCH3 is 1. The highest BCUT2D eigenvalue weighted by Gasteiger charge is 2.23. The van der Waals surface area contributed by atoms with E-state index in [0.29, 0.717) is 22.9 Å². The number of rotatable bonds is 3. The standard InChI is InChI=1S/C14H15NO4/c1-7-5-8(2)12(18-4)10(6-7)11-13(14(16)17)19-9(3)15-11/h5-6H,1-4H3,(H,16,17). The van der Waals surface area contributed by atoms with E-state index in [1.54, 1.807) is 14.0 Å². The normalized spacial score (nSPS) is 10.5. The van der Waals surface area contributed by atoms with Gasteiger partial charge in [0.05, 0.1) is 7.11 Å². The number of benzene rings is 1. The molecule has 100 valence electrons. The number of carboxylic acids is 1. The van der Waals surface area contributed by atoms with Crippen LogP contribution in [0.2, 0.25) is 0 Å².